The lowest BCUT2D eigenvalue weighted by atomic mass is 9.73. The third kappa shape index (κ3) is 3.37. The highest BCUT2D eigenvalue weighted by atomic mass is 16.3. The van der Waals surface area contributed by atoms with Crippen LogP contribution in [0, 0.1) is 25.7 Å². The standard InChI is InChI=1S/C17H27NO/c1-12-3-4-13(2)16(9-12)17(10-18)15-7-5-14(11-19)6-8-15/h3-4,9,14-15,17,19H,5-8,10-11,18H2,1-2H3. The first-order valence-electron chi connectivity index (χ1n) is 7.53. The molecule has 0 amide bonds. The van der Waals surface area contributed by atoms with E-state index in [9.17, 15) is 5.11 Å². The van der Waals surface area contributed by atoms with Crippen LogP contribution in [0.5, 0.6) is 0 Å². The Morgan fingerprint density at radius 2 is 1.89 bits per heavy atom. The summed E-state index contributed by atoms with van der Waals surface area (Å²) in [5.74, 6) is 1.70. The largest absolute Gasteiger partial charge is 0.396 e. The molecule has 2 rings (SSSR count). The summed E-state index contributed by atoms with van der Waals surface area (Å²) in [4.78, 5) is 0. The third-order valence-electron chi connectivity index (χ3n) is 4.81. The van der Waals surface area contributed by atoms with E-state index < -0.39 is 0 Å². The summed E-state index contributed by atoms with van der Waals surface area (Å²) in [7, 11) is 0. The fourth-order valence-electron chi connectivity index (χ4n) is 3.51. The molecule has 1 aromatic rings. The molecule has 1 atom stereocenters. The predicted octanol–water partition coefficient (Wildman–Crippen LogP) is 3.14. The second-order valence-electron chi connectivity index (χ2n) is 6.17. The highest BCUT2D eigenvalue weighted by molar-refractivity contribution is 5.34. The van der Waals surface area contributed by atoms with Gasteiger partial charge in [-0.1, -0.05) is 23.8 Å². The molecule has 19 heavy (non-hydrogen) atoms. The van der Waals surface area contributed by atoms with Gasteiger partial charge in [0.1, 0.15) is 0 Å². The maximum atomic E-state index is 9.25. The van der Waals surface area contributed by atoms with Crippen molar-refractivity contribution in [3.63, 3.8) is 0 Å². The van der Waals surface area contributed by atoms with Crippen molar-refractivity contribution in [3.05, 3.63) is 34.9 Å². The fourth-order valence-corrected chi connectivity index (χ4v) is 3.51. The molecule has 3 N–H and O–H groups in total. The zero-order chi connectivity index (χ0) is 13.8. The lowest BCUT2D eigenvalue weighted by molar-refractivity contribution is 0.158. The minimum atomic E-state index is 0.351. The molecule has 1 unspecified atom stereocenters. The van der Waals surface area contributed by atoms with Crippen LogP contribution in [0.25, 0.3) is 0 Å². The van der Waals surface area contributed by atoms with Crippen LogP contribution in [0.4, 0.5) is 0 Å². The minimum absolute atomic E-state index is 0.351. The molecule has 0 radical (unpaired) electrons. The van der Waals surface area contributed by atoms with Crippen LogP contribution in [0.1, 0.15) is 48.3 Å². The van der Waals surface area contributed by atoms with Gasteiger partial charge in [-0.3, -0.25) is 0 Å². The van der Waals surface area contributed by atoms with Crippen LogP contribution in [0.15, 0.2) is 18.2 Å². The summed E-state index contributed by atoms with van der Waals surface area (Å²) in [6.45, 7) is 5.43. The van der Waals surface area contributed by atoms with Gasteiger partial charge < -0.3 is 10.8 Å². The topological polar surface area (TPSA) is 46.2 Å². The van der Waals surface area contributed by atoms with Crippen molar-refractivity contribution >= 4 is 0 Å². The van der Waals surface area contributed by atoms with Crippen LogP contribution in [0.3, 0.4) is 0 Å². The SMILES string of the molecule is Cc1ccc(C)c(C(CN)C2CCC(CO)CC2)c1. The molecule has 2 nitrogen and oxygen atoms in total. The molecule has 1 fully saturated rings. The van der Waals surface area contributed by atoms with Gasteiger partial charge in [-0.15, -0.1) is 0 Å². The highest BCUT2D eigenvalue weighted by Gasteiger charge is 2.28. The maximum absolute atomic E-state index is 9.25. The highest BCUT2D eigenvalue weighted by Crippen LogP contribution is 2.38. The Bertz CT molecular complexity index is 408. The summed E-state index contributed by atoms with van der Waals surface area (Å²) in [5, 5.41) is 9.25. The molecule has 106 valence electrons. The number of hydrogen-bond donors (Lipinski definition) is 2. The van der Waals surface area contributed by atoms with Crippen LogP contribution >= 0.6 is 0 Å². The number of benzene rings is 1. The van der Waals surface area contributed by atoms with Gasteiger partial charge in [-0.25, -0.2) is 0 Å². The van der Waals surface area contributed by atoms with E-state index in [1.807, 2.05) is 0 Å². The molecule has 0 aliphatic heterocycles. The Morgan fingerprint density at radius 1 is 1.21 bits per heavy atom. The molecular weight excluding hydrogens is 234 g/mol. The Morgan fingerprint density at radius 3 is 2.47 bits per heavy atom. The van der Waals surface area contributed by atoms with Crippen molar-refractivity contribution < 1.29 is 5.11 Å². The van der Waals surface area contributed by atoms with E-state index in [4.69, 9.17) is 5.73 Å². The van der Waals surface area contributed by atoms with E-state index in [0.717, 1.165) is 19.4 Å². The Labute approximate surface area is 117 Å². The Balaban J connectivity index is 2.14. The van der Waals surface area contributed by atoms with Gasteiger partial charge in [-0.2, -0.15) is 0 Å². The van der Waals surface area contributed by atoms with Crippen molar-refractivity contribution in [2.45, 2.75) is 45.4 Å². The van der Waals surface area contributed by atoms with Crippen LogP contribution < -0.4 is 5.73 Å². The second kappa shape index (κ2) is 6.53. The molecule has 1 aromatic carbocycles. The number of aliphatic hydroxyl groups is 1. The van der Waals surface area contributed by atoms with E-state index in [-0.39, 0.29) is 0 Å². The number of aryl methyl sites for hydroxylation is 2. The monoisotopic (exact) mass is 261 g/mol. The van der Waals surface area contributed by atoms with Crippen molar-refractivity contribution in [2.75, 3.05) is 13.2 Å². The summed E-state index contributed by atoms with van der Waals surface area (Å²) in [6.07, 6.45) is 4.73. The lowest BCUT2D eigenvalue weighted by Crippen LogP contribution is -2.27. The Kier molecular flexibility index (Phi) is 5.00. The fraction of sp³-hybridized carbons (Fsp3) is 0.647. The molecule has 0 spiro atoms. The van der Waals surface area contributed by atoms with Gasteiger partial charge in [0.25, 0.3) is 0 Å². The van der Waals surface area contributed by atoms with E-state index in [2.05, 4.69) is 32.0 Å². The van der Waals surface area contributed by atoms with Crippen molar-refractivity contribution in [1.82, 2.24) is 0 Å². The van der Waals surface area contributed by atoms with E-state index in [1.165, 1.54) is 29.5 Å². The van der Waals surface area contributed by atoms with Gasteiger partial charge in [-0.05, 0) is 75.0 Å². The number of hydrogen-bond acceptors (Lipinski definition) is 2. The molecular formula is C17H27NO. The van der Waals surface area contributed by atoms with Crippen molar-refractivity contribution in [3.8, 4) is 0 Å². The molecule has 1 aliphatic carbocycles. The van der Waals surface area contributed by atoms with Crippen molar-refractivity contribution in [2.24, 2.45) is 17.6 Å². The summed E-state index contributed by atoms with van der Waals surface area (Å²) >= 11 is 0. The first-order chi connectivity index (χ1) is 9.15. The van der Waals surface area contributed by atoms with Gasteiger partial charge in [0.05, 0.1) is 0 Å². The number of aliphatic hydroxyl groups excluding tert-OH is 1. The second-order valence-corrected chi connectivity index (χ2v) is 6.17. The van der Waals surface area contributed by atoms with Gasteiger partial charge >= 0.3 is 0 Å². The molecule has 0 aromatic heterocycles. The summed E-state index contributed by atoms with van der Waals surface area (Å²) in [5.41, 5.74) is 10.2. The Hall–Kier alpha value is -0.860. The summed E-state index contributed by atoms with van der Waals surface area (Å²) in [6, 6.07) is 6.70. The third-order valence-corrected chi connectivity index (χ3v) is 4.81. The minimum Gasteiger partial charge on any atom is -0.396 e. The smallest absolute Gasteiger partial charge is 0.0459 e. The molecule has 0 bridgehead atoms. The first-order valence-corrected chi connectivity index (χ1v) is 7.53. The van der Waals surface area contributed by atoms with Crippen LogP contribution in [0.2, 0.25) is 0 Å². The molecule has 2 heteroatoms. The molecule has 0 saturated heterocycles. The molecule has 1 aliphatic rings. The summed E-state index contributed by atoms with van der Waals surface area (Å²) < 4.78 is 0. The van der Waals surface area contributed by atoms with Gasteiger partial charge in [0, 0.05) is 6.61 Å². The average Bonchev–Trinajstić information content (AvgIpc) is 2.44. The molecule has 1 saturated carbocycles. The zero-order valence-corrected chi connectivity index (χ0v) is 12.2. The zero-order valence-electron chi connectivity index (χ0n) is 12.2. The number of rotatable bonds is 4. The van der Waals surface area contributed by atoms with E-state index >= 15 is 0 Å². The van der Waals surface area contributed by atoms with Crippen molar-refractivity contribution in [1.29, 1.82) is 0 Å². The van der Waals surface area contributed by atoms with E-state index in [1.54, 1.807) is 0 Å². The predicted molar refractivity (Wildman–Crippen MR) is 80.2 cm³/mol. The van der Waals surface area contributed by atoms with Crippen LogP contribution in [-0.4, -0.2) is 18.3 Å². The quantitative estimate of drug-likeness (QED) is 0.874. The van der Waals surface area contributed by atoms with Gasteiger partial charge in [0.15, 0.2) is 0 Å². The average molecular weight is 261 g/mol. The first kappa shape index (κ1) is 14.5. The lowest BCUT2D eigenvalue weighted by Gasteiger charge is -2.34. The number of nitrogens with two attached hydrogens (primary N) is 1. The van der Waals surface area contributed by atoms with Gasteiger partial charge in [0.2, 0.25) is 0 Å². The van der Waals surface area contributed by atoms with Crippen LogP contribution in [-0.2, 0) is 0 Å². The maximum Gasteiger partial charge on any atom is 0.0459 e. The normalized spacial score (nSPS) is 25.3. The molecule has 0 heterocycles. The van der Waals surface area contributed by atoms with E-state index in [0.29, 0.717) is 24.4 Å².